The van der Waals surface area contributed by atoms with E-state index in [1.54, 1.807) is 7.11 Å². The lowest BCUT2D eigenvalue weighted by Crippen LogP contribution is -2.52. The molecule has 2 aliphatic rings. The Morgan fingerprint density at radius 2 is 2.08 bits per heavy atom. The number of ether oxygens (including phenoxy) is 1. The Balaban J connectivity index is 0.00000208. The van der Waals surface area contributed by atoms with Gasteiger partial charge in [-0.3, -0.25) is 9.59 Å². The van der Waals surface area contributed by atoms with Gasteiger partial charge in [0.1, 0.15) is 5.75 Å². The molecule has 1 aromatic rings. The van der Waals surface area contributed by atoms with Crippen LogP contribution >= 0.6 is 12.4 Å². The molecule has 2 heterocycles. The highest BCUT2D eigenvalue weighted by Gasteiger charge is 2.35. The molecule has 2 unspecified atom stereocenters. The first-order chi connectivity index (χ1) is 11.2. The molecular weight excluding hydrogens is 330 g/mol. The molecule has 2 saturated heterocycles. The van der Waals surface area contributed by atoms with Gasteiger partial charge in [0.05, 0.1) is 19.1 Å². The summed E-state index contributed by atoms with van der Waals surface area (Å²) < 4.78 is 5.46. The van der Waals surface area contributed by atoms with Gasteiger partial charge in [-0.1, -0.05) is 18.2 Å². The Hall–Kier alpha value is -1.79. The maximum absolute atomic E-state index is 12.9. The Morgan fingerprint density at radius 1 is 1.29 bits per heavy atom. The average Bonchev–Trinajstić information content (AvgIpc) is 2.62. The highest BCUT2D eigenvalue weighted by atomic mass is 35.5. The molecule has 0 aromatic heterocycles. The maximum atomic E-state index is 12.9. The zero-order chi connectivity index (χ0) is 16.2. The fourth-order valence-corrected chi connectivity index (χ4v) is 3.37. The van der Waals surface area contributed by atoms with E-state index in [0.29, 0.717) is 32.5 Å². The number of amides is 2. The molecule has 2 fully saturated rings. The highest BCUT2D eigenvalue weighted by Crippen LogP contribution is 2.31. The predicted octanol–water partition coefficient (Wildman–Crippen LogP) is 1.12. The highest BCUT2D eigenvalue weighted by molar-refractivity contribution is 5.85. The van der Waals surface area contributed by atoms with E-state index >= 15 is 0 Å². The molecule has 6 nitrogen and oxygen atoms in total. The van der Waals surface area contributed by atoms with Crippen LogP contribution in [0.15, 0.2) is 24.3 Å². The van der Waals surface area contributed by atoms with Gasteiger partial charge in [-0.2, -0.15) is 0 Å². The van der Waals surface area contributed by atoms with Crippen molar-refractivity contribution in [1.82, 2.24) is 15.5 Å². The van der Waals surface area contributed by atoms with Crippen molar-refractivity contribution in [3.63, 3.8) is 0 Å². The number of hydrogen-bond donors (Lipinski definition) is 2. The van der Waals surface area contributed by atoms with Crippen LogP contribution in [-0.2, 0) is 9.59 Å². The van der Waals surface area contributed by atoms with Crippen molar-refractivity contribution in [2.75, 3.05) is 33.3 Å². The Bertz CT molecular complexity index is 586. The molecule has 0 spiro atoms. The van der Waals surface area contributed by atoms with Crippen molar-refractivity contribution in [3.05, 3.63) is 29.8 Å². The van der Waals surface area contributed by atoms with Crippen LogP contribution in [0.3, 0.4) is 0 Å². The number of para-hydroxylation sites is 1. The van der Waals surface area contributed by atoms with Crippen LogP contribution in [0.1, 0.15) is 24.4 Å². The van der Waals surface area contributed by atoms with E-state index in [1.165, 1.54) is 0 Å². The summed E-state index contributed by atoms with van der Waals surface area (Å²) in [5.41, 5.74) is 1.02. The van der Waals surface area contributed by atoms with Crippen molar-refractivity contribution in [1.29, 1.82) is 0 Å². The van der Waals surface area contributed by atoms with Gasteiger partial charge >= 0.3 is 0 Å². The lowest BCUT2D eigenvalue weighted by atomic mass is 9.94. The molecule has 0 aliphatic carbocycles. The molecule has 3 rings (SSSR count). The molecule has 0 saturated carbocycles. The summed E-state index contributed by atoms with van der Waals surface area (Å²) in [6.45, 7) is 2.62. The molecule has 132 valence electrons. The Morgan fingerprint density at radius 3 is 2.79 bits per heavy atom. The molecule has 2 N–H and O–H groups in total. The zero-order valence-corrected chi connectivity index (χ0v) is 14.6. The molecule has 0 radical (unpaired) electrons. The first-order valence-corrected chi connectivity index (χ1v) is 8.11. The monoisotopic (exact) mass is 353 g/mol. The summed E-state index contributed by atoms with van der Waals surface area (Å²) in [5.74, 6) is 0.844. The van der Waals surface area contributed by atoms with Gasteiger partial charge in [0.2, 0.25) is 11.8 Å². The van der Waals surface area contributed by atoms with Gasteiger partial charge in [-0.15, -0.1) is 12.4 Å². The third-order valence-electron chi connectivity index (χ3n) is 4.64. The Labute approximate surface area is 148 Å². The van der Waals surface area contributed by atoms with Gasteiger partial charge < -0.3 is 20.3 Å². The third-order valence-corrected chi connectivity index (χ3v) is 4.64. The minimum Gasteiger partial charge on any atom is -0.496 e. The van der Waals surface area contributed by atoms with E-state index in [1.807, 2.05) is 29.2 Å². The summed E-state index contributed by atoms with van der Waals surface area (Å²) in [4.78, 5) is 26.2. The average molecular weight is 354 g/mol. The number of benzene rings is 1. The minimum atomic E-state index is -0.122. The third kappa shape index (κ3) is 3.82. The second-order valence-electron chi connectivity index (χ2n) is 6.03. The topological polar surface area (TPSA) is 70.7 Å². The van der Waals surface area contributed by atoms with Gasteiger partial charge in [0.25, 0.3) is 0 Å². The molecule has 0 bridgehead atoms. The largest absolute Gasteiger partial charge is 0.496 e. The molecule has 1 aromatic carbocycles. The molecule has 7 heteroatoms. The number of piperazine rings is 1. The molecular formula is C17H24ClN3O3. The lowest BCUT2D eigenvalue weighted by molar-refractivity contribution is -0.140. The molecule has 24 heavy (non-hydrogen) atoms. The number of halogens is 1. The standard InChI is InChI=1S/C17H23N3O3.ClH/c1-23-15-5-3-2-4-13(15)14-11-18-8-9-20(14)17(22)12-6-7-16(21)19-10-12;/h2-5,12,14,18H,6-11H2,1H3,(H,19,21);1H. The number of hydrogen-bond acceptors (Lipinski definition) is 4. The zero-order valence-electron chi connectivity index (χ0n) is 13.8. The Kier molecular flexibility index (Phi) is 6.45. The van der Waals surface area contributed by atoms with E-state index < -0.39 is 0 Å². The minimum absolute atomic E-state index is 0. The molecule has 2 amide bonds. The smallest absolute Gasteiger partial charge is 0.228 e. The fraction of sp³-hybridized carbons (Fsp3) is 0.529. The van der Waals surface area contributed by atoms with Crippen molar-refractivity contribution in [2.24, 2.45) is 5.92 Å². The molecule has 2 aliphatic heterocycles. The number of carbonyl (C=O) groups excluding carboxylic acids is 2. The van der Waals surface area contributed by atoms with Crippen LogP contribution in [-0.4, -0.2) is 50.0 Å². The number of nitrogens with zero attached hydrogens (tertiary/aromatic N) is 1. The maximum Gasteiger partial charge on any atom is 0.228 e. The first-order valence-electron chi connectivity index (χ1n) is 8.11. The van der Waals surface area contributed by atoms with Crippen molar-refractivity contribution < 1.29 is 14.3 Å². The van der Waals surface area contributed by atoms with Crippen LogP contribution in [0.5, 0.6) is 5.75 Å². The summed E-state index contributed by atoms with van der Waals surface area (Å²) in [6.07, 6.45) is 1.06. The van der Waals surface area contributed by atoms with E-state index in [-0.39, 0.29) is 36.2 Å². The fourth-order valence-electron chi connectivity index (χ4n) is 3.37. The van der Waals surface area contributed by atoms with Gasteiger partial charge in [-0.05, 0) is 12.5 Å². The lowest BCUT2D eigenvalue weighted by Gasteiger charge is -2.39. The van der Waals surface area contributed by atoms with E-state index in [2.05, 4.69) is 10.6 Å². The van der Waals surface area contributed by atoms with Crippen LogP contribution in [0.2, 0.25) is 0 Å². The molecule has 2 atom stereocenters. The van der Waals surface area contributed by atoms with Crippen molar-refractivity contribution >= 4 is 24.2 Å². The predicted molar refractivity (Wildman–Crippen MR) is 93.3 cm³/mol. The van der Waals surface area contributed by atoms with Gasteiger partial charge in [0, 0.05) is 38.2 Å². The SMILES string of the molecule is COc1ccccc1C1CNCCN1C(=O)C1CCC(=O)NC1.Cl. The number of carbonyl (C=O) groups is 2. The number of methoxy groups -OCH3 is 1. The van der Waals surface area contributed by atoms with Crippen LogP contribution < -0.4 is 15.4 Å². The van der Waals surface area contributed by atoms with Crippen LogP contribution in [0.4, 0.5) is 0 Å². The van der Waals surface area contributed by atoms with E-state index in [4.69, 9.17) is 4.74 Å². The summed E-state index contributed by atoms with van der Waals surface area (Å²) in [5, 5.41) is 6.16. The number of nitrogens with one attached hydrogen (secondary N) is 2. The first kappa shape index (κ1) is 18.5. The van der Waals surface area contributed by atoms with Crippen LogP contribution in [0.25, 0.3) is 0 Å². The second kappa shape index (κ2) is 8.35. The number of piperidine rings is 1. The van der Waals surface area contributed by atoms with Gasteiger partial charge in [0.15, 0.2) is 0 Å². The van der Waals surface area contributed by atoms with Crippen molar-refractivity contribution in [3.8, 4) is 5.75 Å². The quantitative estimate of drug-likeness (QED) is 0.854. The van der Waals surface area contributed by atoms with E-state index in [9.17, 15) is 9.59 Å². The summed E-state index contributed by atoms with van der Waals surface area (Å²) >= 11 is 0. The second-order valence-corrected chi connectivity index (χ2v) is 6.03. The van der Waals surface area contributed by atoms with Crippen molar-refractivity contribution in [2.45, 2.75) is 18.9 Å². The summed E-state index contributed by atoms with van der Waals surface area (Å²) in [6, 6.07) is 7.80. The van der Waals surface area contributed by atoms with E-state index in [0.717, 1.165) is 17.9 Å². The summed E-state index contributed by atoms with van der Waals surface area (Å²) in [7, 11) is 1.65. The number of rotatable bonds is 3. The normalized spacial score (nSPS) is 23.9. The van der Waals surface area contributed by atoms with Gasteiger partial charge in [-0.25, -0.2) is 0 Å². The van der Waals surface area contributed by atoms with Crippen LogP contribution in [0, 0.1) is 5.92 Å².